The average Bonchev–Trinajstić information content (AvgIpc) is 3.38. The highest BCUT2D eigenvalue weighted by Crippen LogP contribution is 2.74. The molecule has 9 nitrogen and oxygen atoms in total. The van der Waals surface area contributed by atoms with Gasteiger partial charge < -0.3 is 18.9 Å². The second-order valence-corrected chi connectivity index (χ2v) is 17.5. The maximum absolute atomic E-state index is 13.3. The van der Waals surface area contributed by atoms with Crippen LogP contribution in [0.1, 0.15) is 154 Å². The summed E-state index contributed by atoms with van der Waals surface area (Å²) in [6.45, 7) is 23.5. The number of allylic oxidation sites excluding steroid dienone is 1. The minimum Gasteiger partial charge on any atom is -0.462 e. The Bertz CT molecular complexity index is 1390. The van der Waals surface area contributed by atoms with Gasteiger partial charge in [0.2, 0.25) is 0 Å². The number of Topliss-reactive ketones (excluding diaryl/α,β-unsaturated/α-hetero) is 1. The Kier molecular flexibility index (Phi) is 11.5. The molecule has 50 heavy (non-hydrogen) atoms. The first-order valence-corrected chi connectivity index (χ1v) is 19.2. The van der Waals surface area contributed by atoms with Gasteiger partial charge in [-0.2, -0.15) is 0 Å². The third-order valence-corrected chi connectivity index (χ3v) is 13.9. The van der Waals surface area contributed by atoms with Gasteiger partial charge in [-0.15, -0.1) is 0 Å². The van der Waals surface area contributed by atoms with Gasteiger partial charge in [-0.1, -0.05) is 73.5 Å². The molecule has 0 amide bonds. The quantitative estimate of drug-likeness (QED) is 0.113. The van der Waals surface area contributed by atoms with Crippen molar-refractivity contribution >= 4 is 29.7 Å². The molecule has 0 saturated heterocycles. The summed E-state index contributed by atoms with van der Waals surface area (Å²) in [6, 6.07) is 0. The van der Waals surface area contributed by atoms with Crippen molar-refractivity contribution in [1.29, 1.82) is 0 Å². The minimum absolute atomic E-state index is 0.0710. The van der Waals surface area contributed by atoms with E-state index in [2.05, 4.69) is 41.5 Å². The Balaban J connectivity index is 1.79. The molecule has 0 bridgehead atoms. The van der Waals surface area contributed by atoms with E-state index in [9.17, 15) is 24.0 Å². The zero-order chi connectivity index (χ0) is 37.6. The molecule has 3 saturated carbocycles. The van der Waals surface area contributed by atoms with Crippen molar-refractivity contribution in [3.63, 3.8) is 0 Å². The summed E-state index contributed by atoms with van der Waals surface area (Å²) in [6.07, 6.45) is 4.42. The summed E-state index contributed by atoms with van der Waals surface area (Å²) >= 11 is 0. The topological polar surface area (TPSA) is 122 Å². The van der Waals surface area contributed by atoms with Crippen LogP contribution in [0, 0.1) is 39.4 Å². The van der Waals surface area contributed by atoms with Gasteiger partial charge in [0.25, 0.3) is 0 Å². The molecule has 0 aromatic rings. The molecule has 0 aromatic carbocycles. The summed E-state index contributed by atoms with van der Waals surface area (Å²) in [5, 5.41) is 0. The maximum Gasteiger partial charge on any atom is 0.306 e. The number of ketones is 1. The van der Waals surface area contributed by atoms with Crippen LogP contribution in [0.2, 0.25) is 0 Å². The Morgan fingerprint density at radius 3 is 2.04 bits per heavy atom. The van der Waals surface area contributed by atoms with Crippen LogP contribution < -0.4 is 0 Å². The van der Waals surface area contributed by atoms with E-state index in [1.54, 1.807) is 27.7 Å². The fourth-order valence-electron chi connectivity index (χ4n) is 11.3. The lowest BCUT2D eigenvalue weighted by atomic mass is 9.36. The Morgan fingerprint density at radius 1 is 0.860 bits per heavy atom. The summed E-state index contributed by atoms with van der Waals surface area (Å²) in [4.78, 5) is 64.1. The first-order valence-electron chi connectivity index (χ1n) is 19.2. The Hall–Kier alpha value is -2.71. The summed E-state index contributed by atoms with van der Waals surface area (Å²) in [7, 11) is 0. The van der Waals surface area contributed by atoms with E-state index in [1.165, 1.54) is 18.1 Å². The van der Waals surface area contributed by atoms with E-state index >= 15 is 0 Å². The maximum atomic E-state index is 13.3. The SMILES string of the molecule is CCC(=O)O[C@@H](C[C@@H](C)C1=C2C[C@H](OC(=O)CC)[C@H]3[C@@]4(C)CCC(=O)C(C)(C)[C@@H]4CC[C@]3(C)[C@@]2(C)CC1)[C@@H](OC(=O)CC)C(C)(C)OC(C)=O. The van der Waals surface area contributed by atoms with Crippen LogP contribution in [0.4, 0.5) is 0 Å². The Morgan fingerprint density at radius 2 is 1.46 bits per heavy atom. The highest BCUT2D eigenvalue weighted by molar-refractivity contribution is 5.85. The number of carbonyl (C=O) groups excluding carboxylic acids is 5. The van der Waals surface area contributed by atoms with Crippen LogP contribution in [0.25, 0.3) is 0 Å². The van der Waals surface area contributed by atoms with Crippen molar-refractivity contribution in [1.82, 2.24) is 0 Å². The van der Waals surface area contributed by atoms with Crippen LogP contribution in [0.15, 0.2) is 11.1 Å². The van der Waals surface area contributed by atoms with E-state index < -0.39 is 41.1 Å². The van der Waals surface area contributed by atoms with Crippen molar-refractivity contribution in [2.75, 3.05) is 0 Å². The van der Waals surface area contributed by atoms with Crippen molar-refractivity contribution in [3.8, 4) is 0 Å². The van der Waals surface area contributed by atoms with E-state index in [1.807, 2.05) is 6.92 Å². The third kappa shape index (κ3) is 6.92. The molecule has 0 aromatic heterocycles. The van der Waals surface area contributed by atoms with E-state index in [-0.39, 0.29) is 58.9 Å². The van der Waals surface area contributed by atoms with Gasteiger partial charge in [-0.05, 0) is 80.5 Å². The average molecular weight is 701 g/mol. The van der Waals surface area contributed by atoms with Crippen molar-refractivity contribution in [2.24, 2.45) is 39.4 Å². The summed E-state index contributed by atoms with van der Waals surface area (Å²) in [5.41, 5.74) is 0.425. The van der Waals surface area contributed by atoms with Gasteiger partial charge in [-0.3, -0.25) is 24.0 Å². The highest BCUT2D eigenvalue weighted by Gasteiger charge is 2.70. The number of hydrogen-bond acceptors (Lipinski definition) is 9. The van der Waals surface area contributed by atoms with Crippen LogP contribution in [-0.4, -0.2) is 53.6 Å². The lowest BCUT2D eigenvalue weighted by Crippen LogP contribution is -2.66. The van der Waals surface area contributed by atoms with Crippen molar-refractivity contribution < 1.29 is 42.9 Å². The molecule has 0 heterocycles. The molecule has 4 aliphatic rings. The first kappa shape index (κ1) is 40.1. The molecule has 282 valence electrons. The molecule has 0 aliphatic heterocycles. The fourth-order valence-corrected chi connectivity index (χ4v) is 11.3. The number of hydrogen-bond donors (Lipinski definition) is 0. The van der Waals surface area contributed by atoms with Crippen LogP contribution >= 0.6 is 0 Å². The smallest absolute Gasteiger partial charge is 0.306 e. The number of fused-ring (bicyclic) bond motifs is 5. The zero-order valence-electron chi connectivity index (χ0n) is 32.9. The predicted molar refractivity (Wildman–Crippen MR) is 190 cm³/mol. The van der Waals surface area contributed by atoms with E-state index in [0.29, 0.717) is 31.5 Å². The largest absolute Gasteiger partial charge is 0.462 e. The fraction of sp³-hybridized carbons (Fsp3) is 0.829. The van der Waals surface area contributed by atoms with E-state index in [4.69, 9.17) is 18.9 Å². The molecule has 0 unspecified atom stereocenters. The molecule has 4 aliphatic carbocycles. The van der Waals surface area contributed by atoms with Gasteiger partial charge in [-0.25, -0.2) is 0 Å². The normalized spacial score (nSPS) is 33.6. The van der Waals surface area contributed by atoms with E-state index in [0.717, 1.165) is 32.1 Å². The van der Waals surface area contributed by atoms with Gasteiger partial charge in [0, 0.05) is 50.4 Å². The molecular formula is C41H64O9. The van der Waals surface area contributed by atoms with Crippen LogP contribution in [0.5, 0.6) is 0 Å². The lowest BCUT2D eigenvalue weighted by molar-refractivity contribution is -0.218. The standard InChI is InChI=1S/C41H64O9/c1-13-32(44)47-28-23-27-26(24(4)22-29(48-33(45)14-2)36(49-34(46)15-3)38(8,9)50-25(5)42)16-20-40(27,11)41(12)21-17-30-37(6,7)31(43)18-19-39(30,10)35(28)41/h24,28-30,35-36H,13-23H2,1-12H3/t24-,28+,29+,30+,35+,36-,39+,40+,41+/m1/s1. The molecule has 0 N–H and O–H groups in total. The summed E-state index contributed by atoms with van der Waals surface area (Å²) < 4.78 is 24.1. The number of rotatable bonds is 12. The molecule has 3 fully saturated rings. The molecule has 4 rings (SSSR count). The Labute approximate surface area is 300 Å². The minimum atomic E-state index is -1.26. The van der Waals surface area contributed by atoms with Crippen LogP contribution in [-0.2, 0) is 42.9 Å². The molecule has 0 radical (unpaired) electrons. The first-order chi connectivity index (χ1) is 23.1. The number of carbonyl (C=O) groups is 5. The summed E-state index contributed by atoms with van der Waals surface area (Å²) in [5.74, 6) is -1.05. The number of esters is 4. The van der Waals surface area contributed by atoms with Crippen molar-refractivity contribution in [2.45, 2.75) is 178 Å². The van der Waals surface area contributed by atoms with Crippen LogP contribution in [0.3, 0.4) is 0 Å². The van der Waals surface area contributed by atoms with Gasteiger partial charge in [0.15, 0.2) is 6.10 Å². The molecule has 9 atom stereocenters. The number of ether oxygens (including phenoxy) is 4. The second-order valence-electron chi connectivity index (χ2n) is 17.5. The third-order valence-electron chi connectivity index (χ3n) is 13.9. The highest BCUT2D eigenvalue weighted by atomic mass is 16.6. The zero-order valence-corrected chi connectivity index (χ0v) is 32.9. The lowest BCUT2D eigenvalue weighted by Gasteiger charge is -2.69. The van der Waals surface area contributed by atoms with Gasteiger partial charge in [0.1, 0.15) is 23.6 Å². The molecular weight excluding hydrogens is 636 g/mol. The van der Waals surface area contributed by atoms with Crippen molar-refractivity contribution in [3.05, 3.63) is 11.1 Å². The van der Waals surface area contributed by atoms with Gasteiger partial charge in [0.05, 0.1) is 0 Å². The predicted octanol–water partition coefficient (Wildman–Crippen LogP) is 8.25. The molecule has 0 spiro atoms. The molecule has 9 heteroatoms. The second kappa shape index (κ2) is 14.4. The van der Waals surface area contributed by atoms with Gasteiger partial charge >= 0.3 is 23.9 Å². The monoisotopic (exact) mass is 700 g/mol.